The van der Waals surface area contributed by atoms with E-state index < -0.39 is 0 Å². The number of nitrogens with zero attached hydrogens (tertiary/aromatic N) is 2. The van der Waals surface area contributed by atoms with Crippen LogP contribution in [0.25, 0.3) is 55.2 Å². The second-order valence-electron chi connectivity index (χ2n) is 29.1. The fourth-order valence-electron chi connectivity index (χ4n) is 14.8. The Kier molecular flexibility index (Phi) is 9.44. The minimum Gasteiger partial charge on any atom is -0.466 e. The number of furan rings is 2. The Morgan fingerprint density at radius 1 is 0.434 bits per heavy atom. The number of hydrogen-bond acceptors (Lipinski definition) is 4. The Morgan fingerprint density at radius 3 is 1.57 bits per heavy atom. The molecule has 2 aliphatic heterocycles. The number of anilines is 5. The molecule has 0 radical (unpaired) electrons. The summed E-state index contributed by atoms with van der Waals surface area (Å²) in [6.07, 6.45) is 4.62. The molecule has 3 aliphatic carbocycles. The van der Waals surface area contributed by atoms with Gasteiger partial charge in [-0.3, -0.25) is 0 Å². The molecule has 4 nitrogen and oxygen atoms in total. The first-order valence-corrected chi connectivity index (χ1v) is 28.4. The Bertz CT molecular complexity index is 3990. The summed E-state index contributed by atoms with van der Waals surface area (Å²) < 4.78 is 15.1. The largest absolute Gasteiger partial charge is 0.466 e. The van der Waals surface area contributed by atoms with Crippen molar-refractivity contribution in [1.82, 2.24) is 0 Å². The molecule has 5 heteroatoms. The minimum absolute atomic E-state index is 0.00549. The molecule has 0 amide bonds. The lowest BCUT2D eigenvalue weighted by Gasteiger charge is -2.44. The van der Waals surface area contributed by atoms with Gasteiger partial charge in [0.15, 0.2) is 5.58 Å². The fraction of sp³-hybridized carbons (Fsp3) is 0.380. The summed E-state index contributed by atoms with van der Waals surface area (Å²) in [5, 5.41) is 3.40. The van der Waals surface area contributed by atoms with Gasteiger partial charge < -0.3 is 18.5 Å². The molecule has 14 rings (SSSR count). The summed E-state index contributed by atoms with van der Waals surface area (Å²) in [5.74, 6) is 0. The van der Waals surface area contributed by atoms with Crippen LogP contribution in [-0.2, 0) is 37.9 Å². The molecule has 5 aliphatic rings. The highest BCUT2D eigenvalue weighted by atomic mass is 16.3. The number of rotatable bonds is 2. The molecule has 384 valence electrons. The van der Waals surface area contributed by atoms with Crippen molar-refractivity contribution in [2.45, 2.75) is 174 Å². The zero-order valence-corrected chi connectivity index (χ0v) is 48.1. The third-order valence-electron chi connectivity index (χ3n) is 19.9. The molecule has 9 aromatic rings. The lowest BCUT2D eigenvalue weighted by atomic mass is 9.45. The topological polar surface area (TPSA) is 32.8 Å². The number of hydrogen-bond donors (Lipinski definition) is 0. The van der Waals surface area contributed by atoms with Crippen molar-refractivity contribution < 1.29 is 8.83 Å². The summed E-state index contributed by atoms with van der Waals surface area (Å²) in [6.45, 7) is 38.1. The highest BCUT2D eigenvalue weighted by Gasteiger charge is 2.52. The maximum atomic E-state index is 7.78. The molecule has 2 aromatic heterocycles. The second kappa shape index (κ2) is 15.0. The van der Waals surface area contributed by atoms with Gasteiger partial charge in [0.05, 0.1) is 11.4 Å². The van der Waals surface area contributed by atoms with Gasteiger partial charge in [0, 0.05) is 44.2 Å². The summed E-state index contributed by atoms with van der Waals surface area (Å²) in [5.41, 5.74) is 26.9. The third kappa shape index (κ3) is 6.50. The van der Waals surface area contributed by atoms with E-state index in [0.717, 1.165) is 74.2 Å². The maximum Gasteiger partial charge on any atom is 0.376 e. The van der Waals surface area contributed by atoms with Crippen LogP contribution in [-0.4, -0.2) is 6.85 Å². The van der Waals surface area contributed by atoms with Crippen LogP contribution < -0.4 is 20.8 Å². The summed E-state index contributed by atoms with van der Waals surface area (Å²) in [6, 6.07) is 45.4. The Labute approximate surface area is 452 Å². The fourth-order valence-corrected chi connectivity index (χ4v) is 14.8. The van der Waals surface area contributed by atoms with Crippen LogP contribution in [0.2, 0.25) is 0 Å². The van der Waals surface area contributed by atoms with E-state index in [1.165, 1.54) is 90.8 Å². The van der Waals surface area contributed by atoms with Crippen molar-refractivity contribution in [2.75, 3.05) is 9.71 Å². The van der Waals surface area contributed by atoms with Gasteiger partial charge in [0.1, 0.15) is 16.8 Å². The first-order valence-electron chi connectivity index (χ1n) is 28.4. The predicted molar refractivity (Wildman–Crippen MR) is 323 cm³/mol. The lowest BCUT2D eigenvalue weighted by Crippen LogP contribution is -2.61. The molecule has 7 aromatic carbocycles. The highest BCUT2D eigenvalue weighted by molar-refractivity contribution is 6.93. The predicted octanol–water partition coefficient (Wildman–Crippen LogP) is 18.6. The van der Waals surface area contributed by atoms with Crippen LogP contribution in [0.3, 0.4) is 0 Å². The zero-order valence-electron chi connectivity index (χ0n) is 48.1. The average molecular weight is 999 g/mol. The van der Waals surface area contributed by atoms with Gasteiger partial charge in [-0.05, 0) is 192 Å². The van der Waals surface area contributed by atoms with E-state index in [1.807, 2.05) is 0 Å². The van der Waals surface area contributed by atoms with E-state index in [4.69, 9.17) is 8.83 Å². The summed E-state index contributed by atoms with van der Waals surface area (Å²) in [4.78, 5) is 5.21. The first-order chi connectivity index (χ1) is 35.7. The van der Waals surface area contributed by atoms with E-state index in [1.54, 1.807) is 0 Å². The van der Waals surface area contributed by atoms with Gasteiger partial charge >= 0.3 is 6.85 Å². The standard InChI is InChI=1S/C71H75BN2O2/c1-65(2,3)40-21-25-42(26-22-40)73-61-50-36-54-56(70(13,14)32-30-68(54,9)10)39-59(50)76-64(61)72-60-48(34-49-44-19-17-18-20-58(44)75-63(49)62(60)73)47-33-45-46-35-53-55(69(11,12)31-29-67(53,7)8)37-51(46)71(15,16)52(45)38-57(47)74(72)43-27-23-41(24-28-43)66(4,5)6/h17-28,33-39H,29-32H2,1-16H3. The SMILES string of the molecule is CC(C)(C)c1ccc(N2B3c4oc5cc6c(cc5c4N(c4ccc(C(C)(C)C)cc4)c4c3c(cc3c4oc4ccccc43)-c3cc4c(cc32)C(C)(C)c2cc3c(cc2-4)C(C)(C)CCC3(C)C)C(C)(C)CCC6(C)C)cc1. The summed E-state index contributed by atoms with van der Waals surface area (Å²) in [7, 11) is 0. The van der Waals surface area contributed by atoms with E-state index in [-0.39, 0.29) is 44.8 Å². The molecule has 0 atom stereocenters. The second-order valence-corrected chi connectivity index (χ2v) is 29.1. The molecule has 0 spiro atoms. The lowest BCUT2D eigenvalue weighted by molar-refractivity contribution is 0.331. The smallest absolute Gasteiger partial charge is 0.376 e. The van der Waals surface area contributed by atoms with Gasteiger partial charge in [-0.1, -0.05) is 159 Å². The van der Waals surface area contributed by atoms with Crippen LogP contribution in [0.5, 0.6) is 0 Å². The number of fused-ring (bicyclic) bond motifs is 15. The van der Waals surface area contributed by atoms with Crippen molar-refractivity contribution >= 4 is 79.3 Å². The molecule has 0 bridgehead atoms. The van der Waals surface area contributed by atoms with Gasteiger partial charge in [-0.25, -0.2) is 0 Å². The number of benzene rings is 7. The van der Waals surface area contributed by atoms with E-state index in [2.05, 4.69) is 236 Å². The monoisotopic (exact) mass is 999 g/mol. The Morgan fingerprint density at radius 2 is 0.961 bits per heavy atom. The van der Waals surface area contributed by atoms with Crippen LogP contribution in [0.4, 0.5) is 28.4 Å². The van der Waals surface area contributed by atoms with E-state index >= 15 is 0 Å². The van der Waals surface area contributed by atoms with Gasteiger partial charge in [-0.2, -0.15) is 0 Å². The normalized spacial score (nSPS) is 19.0. The molecular formula is C71H75BN2O2. The van der Waals surface area contributed by atoms with Crippen LogP contribution >= 0.6 is 0 Å². The van der Waals surface area contributed by atoms with Crippen LogP contribution in [0, 0.1) is 0 Å². The molecule has 76 heavy (non-hydrogen) atoms. The first kappa shape index (κ1) is 48.0. The average Bonchev–Trinajstić information content (AvgIpc) is 4.11. The minimum atomic E-state index is -0.333. The Hall–Kier alpha value is -6.46. The van der Waals surface area contributed by atoms with E-state index in [0.29, 0.717) is 0 Å². The zero-order chi connectivity index (χ0) is 53.3. The third-order valence-corrected chi connectivity index (χ3v) is 19.9. The maximum absolute atomic E-state index is 7.78. The van der Waals surface area contributed by atoms with Gasteiger partial charge in [0.25, 0.3) is 0 Å². The van der Waals surface area contributed by atoms with Crippen molar-refractivity contribution in [3.63, 3.8) is 0 Å². The molecule has 0 fully saturated rings. The van der Waals surface area contributed by atoms with Crippen molar-refractivity contribution in [3.05, 3.63) is 160 Å². The van der Waals surface area contributed by atoms with Crippen LogP contribution in [0.15, 0.2) is 124 Å². The number of para-hydroxylation sites is 1. The van der Waals surface area contributed by atoms with Crippen molar-refractivity contribution in [3.8, 4) is 22.3 Å². The highest BCUT2D eigenvalue weighted by Crippen LogP contribution is 2.60. The molecule has 0 unspecified atom stereocenters. The van der Waals surface area contributed by atoms with E-state index in [9.17, 15) is 0 Å². The molecule has 0 saturated heterocycles. The van der Waals surface area contributed by atoms with Crippen LogP contribution in [0.1, 0.15) is 181 Å². The molecule has 0 N–H and O–H groups in total. The summed E-state index contributed by atoms with van der Waals surface area (Å²) >= 11 is 0. The van der Waals surface area contributed by atoms with Crippen molar-refractivity contribution in [2.24, 2.45) is 0 Å². The van der Waals surface area contributed by atoms with Crippen molar-refractivity contribution in [1.29, 1.82) is 0 Å². The molecule has 4 heterocycles. The van der Waals surface area contributed by atoms with Gasteiger partial charge in [0.2, 0.25) is 0 Å². The molecular weight excluding hydrogens is 924 g/mol. The van der Waals surface area contributed by atoms with Gasteiger partial charge in [-0.15, -0.1) is 0 Å². The molecule has 0 saturated carbocycles. The quantitative estimate of drug-likeness (QED) is 0.162. The Balaban J connectivity index is 1.15.